The van der Waals surface area contributed by atoms with Gasteiger partial charge in [-0.05, 0) is 50.6 Å². The lowest BCUT2D eigenvalue weighted by Gasteiger charge is -2.31. The van der Waals surface area contributed by atoms with Gasteiger partial charge < -0.3 is 5.32 Å². The van der Waals surface area contributed by atoms with Gasteiger partial charge in [0, 0.05) is 17.8 Å². The summed E-state index contributed by atoms with van der Waals surface area (Å²) in [5.74, 6) is 1.66. The quantitative estimate of drug-likeness (QED) is 0.821. The van der Waals surface area contributed by atoms with E-state index in [2.05, 4.69) is 34.4 Å². The second kappa shape index (κ2) is 6.72. The highest BCUT2D eigenvalue weighted by molar-refractivity contribution is 7.15. The van der Waals surface area contributed by atoms with Crippen LogP contribution in [0.1, 0.15) is 44.7 Å². The zero-order valence-electron chi connectivity index (χ0n) is 12.3. The summed E-state index contributed by atoms with van der Waals surface area (Å²) in [7, 11) is 0. The molecule has 0 aromatic carbocycles. The molecule has 1 saturated carbocycles. The maximum atomic E-state index is 4.76. The number of fused-ring (bicyclic) bond motifs is 1. The summed E-state index contributed by atoms with van der Waals surface area (Å²) >= 11 is 1.73. The van der Waals surface area contributed by atoms with E-state index in [0.717, 1.165) is 29.8 Å². The molecule has 4 heteroatoms. The van der Waals surface area contributed by atoms with Gasteiger partial charge in [0.1, 0.15) is 0 Å². The van der Waals surface area contributed by atoms with Crippen LogP contribution in [0.2, 0.25) is 0 Å². The molecule has 2 unspecified atom stereocenters. The van der Waals surface area contributed by atoms with Crippen LogP contribution in [0.15, 0.2) is 17.8 Å². The van der Waals surface area contributed by atoms with Gasteiger partial charge in [-0.3, -0.25) is 4.40 Å². The predicted octanol–water partition coefficient (Wildman–Crippen LogP) is 3.74. The molecule has 0 spiro atoms. The van der Waals surface area contributed by atoms with Crippen molar-refractivity contribution in [3.05, 3.63) is 23.5 Å². The lowest BCUT2D eigenvalue weighted by Crippen LogP contribution is -2.32. The molecular formula is C16H25N3S. The van der Waals surface area contributed by atoms with Crippen LogP contribution in [0.4, 0.5) is 0 Å². The third-order valence-corrected chi connectivity index (χ3v) is 5.28. The Kier molecular flexibility index (Phi) is 4.73. The summed E-state index contributed by atoms with van der Waals surface area (Å²) in [5, 5.41) is 5.72. The first kappa shape index (κ1) is 14.1. The minimum Gasteiger partial charge on any atom is -0.316 e. The van der Waals surface area contributed by atoms with Crippen molar-refractivity contribution in [3.8, 4) is 0 Å². The van der Waals surface area contributed by atoms with Gasteiger partial charge in [0.15, 0.2) is 4.96 Å². The third kappa shape index (κ3) is 3.23. The highest BCUT2D eigenvalue weighted by atomic mass is 32.1. The molecule has 1 fully saturated rings. The van der Waals surface area contributed by atoms with E-state index in [0.29, 0.717) is 0 Å². The smallest absolute Gasteiger partial charge is 0.193 e. The molecule has 2 heterocycles. The van der Waals surface area contributed by atoms with Crippen LogP contribution >= 0.6 is 11.3 Å². The molecule has 0 aliphatic heterocycles. The Labute approximate surface area is 125 Å². The normalized spacial score (nSPS) is 23.4. The summed E-state index contributed by atoms with van der Waals surface area (Å²) < 4.78 is 2.16. The van der Waals surface area contributed by atoms with Crippen molar-refractivity contribution >= 4 is 16.3 Å². The van der Waals surface area contributed by atoms with E-state index in [1.54, 1.807) is 11.3 Å². The number of rotatable bonds is 6. The predicted molar refractivity (Wildman–Crippen MR) is 85.4 cm³/mol. The van der Waals surface area contributed by atoms with E-state index >= 15 is 0 Å². The Bertz CT molecular complexity index is 502. The average molecular weight is 291 g/mol. The molecule has 110 valence electrons. The molecule has 0 saturated heterocycles. The SMILES string of the molecule is CCCNCC1CCCCC1Cc1cn2ccsc2n1. The Morgan fingerprint density at radius 1 is 1.35 bits per heavy atom. The molecule has 0 radical (unpaired) electrons. The van der Waals surface area contributed by atoms with Gasteiger partial charge in [-0.25, -0.2) is 4.98 Å². The zero-order chi connectivity index (χ0) is 13.8. The van der Waals surface area contributed by atoms with Gasteiger partial charge in [0.25, 0.3) is 0 Å². The highest BCUT2D eigenvalue weighted by Gasteiger charge is 2.25. The summed E-state index contributed by atoms with van der Waals surface area (Å²) in [6.45, 7) is 4.59. The van der Waals surface area contributed by atoms with Crippen molar-refractivity contribution < 1.29 is 0 Å². The first-order valence-corrected chi connectivity index (χ1v) is 8.86. The molecule has 0 bridgehead atoms. The van der Waals surface area contributed by atoms with Crippen molar-refractivity contribution in [2.45, 2.75) is 45.4 Å². The number of aromatic nitrogens is 2. The van der Waals surface area contributed by atoms with Crippen LogP contribution in [0.25, 0.3) is 4.96 Å². The Balaban J connectivity index is 1.62. The first-order chi connectivity index (χ1) is 9.86. The Hall–Kier alpha value is -0.870. The van der Waals surface area contributed by atoms with Gasteiger partial charge >= 0.3 is 0 Å². The molecule has 1 aliphatic carbocycles. The summed E-state index contributed by atoms with van der Waals surface area (Å²) in [5.41, 5.74) is 1.28. The van der Waals surface area contributed by atoms with Gasteiger partial charge in [-0.15, -0.1) is 11.3 Å². The fraction of sp³-hybridized carbons (Fsp3) is 0.688. The molecule has 3 nitrogen and oxygen atoms in total. The van der Waals surface area contributed by atoms with Crippen LogP contribution in [0, 0.1) is 11.8 Å². The fourth-order valence-electron chi connectivity index (χ4n) is 3.43. The van der Waals surface area contributed by atoms with Crippen LogP contribution < -0.4 is 5.32 Å². The lowest BCUT2D eigenvalue weighted by atomic mass is 9.77. The van der Waals surface area contributed by atoms with Gasteiger partial charge in [0.2, 0.25) is 0 Å². The molecule has 2 aromatic rings. The van der Waals surface area contributed by atoms with Gasteiger partial charge in [-0.1, -0.05) is 19.8 Å². The molecule has 0 amide bonds. The molecule has 20 heavy (non-hydrogen) atoms. The van der Waals surface area contributed by atoms with Crippen LogP contribution in [-0.2, 0) is 6.42 Å². The number of hydrogen-bond acceptors (Lipinski definition) is 3. The van der Waals surface area contributed by atoms with E-state index in [1.807, 2.05) is 0 Å². The lowest BCUT2D eigenvalue weighted by molar-refractivity contribution is 0.227. The number of thiazole rings is 1. The van der Waals surface area contributed by atoms with E-state index in [1.165, 1.54) is 44.3 Å². The summed E-state index contributed by atoms with van der Waals surface area (Å²) in [6.07, 6.45) is 12.3. The average Bonchev–Trinajstić information content (AvgIpc) is 3.02. The number of imidazole rings is 1. The van der Waals surface area contributed by atoms with Crippen LogP contribution in [-0.4, -0.2) is 22.5 Å². The van der Waals surface area contributed by atoms with Crippen molar-refractivity contribution in [2.24, 2.45) is 11.8 Å². The summed E-state index contributed by atoms with van der Waals surface area (Å²) in [4.78, 5) is 5.89. The number of nitrogens with one attached hydrogen (secondary N) is 1. The van der Waals surface area contributed by atoms with Gasteiger partial charge in [0.05, 0.1) is 5.69 Å². The van der Waals surface area contributed by atoms with E-state index < -0.39 is 0 Å². The van der Waals surface area contributed by atoms with Crippen molar-refractivity contribution in [1.29, 1.82) is 0 Å². The minimum absolute atomic E-state index is 0.817. The Morgan fingerprint density at radius 2 is 2.20 bits per heavy atom. The summed E-state index contributed by atoms with van der Waals surface area (Å²) in [6, 6.07) is 0. The topological polar surface area (TPSA) is 29.3 Å². The molecule has 1 N–H and O–H groups in total. The second-order valence-corrected chi connectivity index (χ2v) is 6.91. The number of hydrogen-bond donors (Lipinski definition) is 1. The second-order valence-electron chi connectivity index (χ2n) is 6.04. The first-order valence-electron chi connectivity index (χ1n) is 7.98. The molecule has 2 atom stereocenters. The van der Waals surface area contributed by atoms with Crippen molar-refractivity contribution in [3.63, 3.8) is 0 Å². The van der Waals surface area contributed by atoms with Crippen molar-refractivity contribution in [1.82, 2.24) is 14.7 Å². The van der Waals surface area contributed by atoms with E-state index in [4.69, 9.17) is 4.98 Å². The van der Waals surface area contributed by atoms with E-state index in [-0.39, 0.29) is 0 Å². The van der Waals surface area contributed by atoms with Crippen LogP contribution in [0.5, 0.6) is 0 Å². The standard InChI is InChI=1S/C16H25N3S/c1-2-7-17-11-14-6-4-3-5-13(14)10-15-12-19-8-9-20-16(19)18-15/h8-9,12-14,17H,2-7,10-11H2,1H3. The minimum atomic E-state index is 0.817. The Morgan fingerprint density at radius 3 is 3.00 bits per heavy atom. The largest absolute Gasteiger partial charge is 0.316 e. The van der Waals surface area contributed by atoms with E-state index in [9.17, 15) is 0 Å². The highest BCUT2D eigenvalue weighted by Crippen LogP contribution is 2.32. The zero-order valence-corrected chi connectivity index (χ0v) is 13.2. The molecular weight excluding hydrogens is 266 g/mol. The van der Waals surface area contributed by atoms with Crippen LogP contribution in [0.3, 0.4) is 0 Å². The maximum absolute atomic E-state index is 4.76. The molecule has 1 aliphatic rings. The molecule has 3 rings (SSSR count). The van der Waals surface area contributed by atoms with Crippen molar-refractivity contribution in [2.75, 3.05) is 13.1 Å². The third-order valence-electron chi connectivity index (χ3n) is 4.51. The fourth-order valence-corrected chi connectivity index (χ4v) is 4.15. The monoisotopic (exact) mass is 291 g/mol. The van der Waals surface area contributed by atoms with Gasteiger partial charge in [-0.2, -0.15) is 0 Å². The number of nitrogens with zero attached hydrogens (tertiary/aromatic N) is 2. The molecule has 2 aromatic heterocycles. The maximum Gasteiger partial charge on any atom is 0.193 e.